The summed E-state index contributed by atoms with van der Waals surface area (Å²) in [6.07, 6.45) is 0. The van der Waals surface area contributed by atoms with Gasteiger partial charge in [0.15, 0.2) is 0 Å². The van der Waals surface area contributed by atoms with Crippen LogP contribution in [0.25, 0.3) is 0 Å². The molecule has 2 aromatic carbocycles. The second-order valence-corrected chi connectivity index (χ2v) is 6.00. The van der Waals surface area contributed by atoms with E-state index in [0.29, 0.717) is 12.3 Å². The van der Waals surface area contributed by atoms with Crippen molar-refractivity contribution >= 4 is 29.3 Å². The van der Waals surface area contributed by atoms with Crippen molar-refractivity contribution in [2.75, 3.05) is 17.7 Å². The minimum atomic E-state index is -0.569. The fourth-order valence-corrected chi connectivity index (χ4v) is 2.99. The van der Waals surface area contributed by atoms with E-state index < -0.39 is 5.25 Å². The summed E-state index contributed by atoms with van der Waals surface area (Å²) in [5, 5.41) is 2.18. The van der Waals surface area contributed by atoms with E-state index in [-0.39, 0.29) is 23.4 Å². The molecule has 2 aromatic rings. The number of amides is 1. The molecule has 1 atom stereocenters. The average molecular weight is 347 g/mol. The summed E-state index contributed by atoms with van der Waals surface area (Å²) in [5.41, 5.74) is 1.28. The maximum Gasteiger partial charge on any atom is 0.315 e. The van der Waals surface area contributed by atoms with Crippen molar-refractivity contribution < 1.29 is 18.7 Å². The molecule has 2 rings (SSSR count). The molecule has 0 radical (unpaired) electrons. The van der Waals surface area contributed by atoms with E-state index in [2.05, 4.69) is 5.32 Å². The molecule has 0 bridgehead atoms. The van der Waals surface area contributed by atoms with Gasteiger partial charge in [-0.15, -0.1) is 11.8 Å². The molecule has 0 saturated heterocycles. The third-order valence-electron chi connectivity index (χ3n) is 3.13. The number of anilines is 1. The highest BCUT2D eigenvalue weighted by atomic mass is 32.2. The van der Waals surface area contributed by atoms with Gasteiger partial charge in [0.25, 0.3) is 0 Å². The maximum atomic E-state index is 13.0. The van der Waals surface area contributed by atoms with Crippen LogP contribution >= 0.6 is 11.8 Å². The van der Waals surface area contributed by atoms with Crippen molar-refractivity contribution in [3.63, 3.8) is 0 Å². The van der Waals surface area contributed by atoms with Gasteiger partial charge in [-0.2, -0.15) is 0 Å². The summed E-state index contributed by atoms with van der Waals surface area (Å²) in [6.45, 7) is 2.04. The first-order valence-corrected chi connectivity index (χ1v) is 8.53. The average Bonchev–Trinajstić information content (AvgIpc) is 2.58. The Morgan fingerprint density at radius 2 is 1.79 bits per heavy atom. The number of halogens is 1. The van der Waals surface area contributed by atoms with Crippen molar-refractivity contribution in [2.45, 2.75) is 12.2 Å². The number of carbonyl (C=O) groups is 2. The lowest BCUT2D eigenvalue weighted by molar-refractivity contribution is -0.139. The summed E-state index contributed by atoms with van der Waals surface area (Å²) in [4.78, 5) is 24.2. The minimum Gasteiger partial charge on any atom is -0.465 e. The fourth-order valence-electron chi connectivity index (χ4n) is 2.05. The zero-order valence-electron chi connectivity index (χ0n) is 13.2. The Kier molecular flexibility index (Phi) is 6.81. The molecule has 0 aliphatic rings. The molecule has 0 aromatic heterocycles. The van der Waals surface area contributed by atoms with Crippen LogP contribution < -0.4 is 5.32 Å². The van der Waals surface area contributed by atoms with Crippen LogP contribution in [-0.4, -0.2) is 24.2 Å². The van der Waals surface area contributed by atoms with Crippen molar-refractivity contribution in [3.05, 3.63) is 66.0 Å². The molecule has 0 heterocycles. The van der Waals surface area contributed by atoms with Crippen LogP contribution in [0.1, 0.15) is 17.7 Å². The fraction of sp³-hybridized carbons (Fsp3) is 0.222. The molecule has 6 heteroatoms. The molecule has 1 unspecified atom stereocenters. The Bertz CT molecular complexity index is 676. The SMILES string of the molecule is CCOC(=O)CSC(C(=O)Nc1ccc(F)cc1)c1ccccc1. The number of thioether (sulfide) groups is 1. The van der Waals surface area contributed by atoms with E-state index in [9.17, 15) is 14.0 Å². The largest absolute Gasteiger partial charge is 0.465 e. The van der Waals surface area contributed by atoms with Crippen molar-refractivity contribution in [1.29, 1.82) is 0 Å². The van der Waals surface area contributed by atoms with Gasteiger partial charge in [-0.3, -0.25) is 9.59 Å². The van der Waals surface area contributed by atoms with Crippen molar-refractivity contribution in [2.24, 2.45) is 0 Å². The standard InChI is InChI=1S/C18H18FNO3S/c1-2-23-16(21)12-24-17(13-6-4-3-5-7-13)18(22)20-15-10-8-14(19)9-11-15/h3-11,17H,2,12H2,1H3,(H,20,22). The zero-order chi connectivity index (χ0) is 17.4. The highest BCUT2D eigenvalue weighted by Gasteiger charge is 2.22. The first kappa shape index (κ1) is 18.0. The molecule has 0 aliphatic carbocycles. The van der Waals surface area contributed by atoms with Crippen LogP contribution in [0.2, 0.25) is 0 Å². The van der Waals surface area contributed by atoms with Gasteiger partial charge in [-0.25, -0.2) is 4.39 Å². The molecule has 4 nitrogen and oxygen atoms in total. The van der Waals surface area contributed by atoms with E-state index in [1.807, 2.05) is 30.3 Å². The number of hydrogen-bond acceptors (Lipinski definition) is 4. The predicted molar refractivity (Wildman–Crippen MR) is 93.3 cm³/mol. The molecule has 0 aliphatic heterocycles. The third kappa shape index (κ3) is 5.38. The Balaban J connectivity index is 2.10. The lowest BCUT2D eigenvalue weighted by atomic mass is 10.1. The van der Waals surface area contributed by atoms with Crippen LogP contribution in [0, 0.1) is 5.82 Å². The second-order valence-electron chi connectivity index (χ2n) is 4.90. The molecular weight excluding hydrogens is 329 g/mol. The summed E-state index contributed by atoms with van der Waals surface area (Å²) in [7, 11) is 0. The molecule has 1 N–H and O–H groups in total. The zero-order valence-corrected chi connectivity index (χ0v) is 14.0. The normalized spacial score (nSPS) is 11.6. The van der Waals surface area contributed by atoms with Crippen LogP contribution in [0.5, 0.6) is 0 Å². The number of ether oxygens (including phenoxy) is 1. The number of hydrogen-bond donors (Lipinski definition) is 1. The highest BCUT2D eigenvalue weighted by Crippen LogP contribution is 2.30. The number of carbonyl (C=O) groups excluding carboxylic acids is 2. The Labute approximate surface area is 144 Å². The smallest absolute Gasteiger partial charge is 0.315 e. The van der Waals surface area contributed by atoms with Gasteiger partial charge >= 0.3 is 5.97 Å². The van der Waals surface area contributed by atoms with Gasteiger partial charge in [0.1, 0.15) is 11.1 Å². The van der Waals surface area contributed by atoms with Crippen LogP contribution in [0.15, 0.2) is 54.6 Å². The number of esters is 1. The monoisotopic (exact) mass is 347 g/mol. The molecule has 1 amide bonds. The van der Waals surface area contributed by atoms with Crippen LogP contribution in [0.3, 0.4) is 0 Å². The first-order valence-electron chi connectivity index (χ1n) is 7.48. The Morgan fingerprint density at radius 1 is 1.12 bits per heavy atom. The summed E-state index contributed by atoms with van der Waals surface area (Å²) < 4.78 is 17.9. The van der Waals surface area contributed by atoms with Gasteiger partial charge in [0.2, 0.25) is 5.91 Å². The molecular formula is C18H18FNO3S. The maximum absolute atomic E-state index is 13.0. The van der Waals surface area contributed by atoms with E-state index in [1.54, 1.807) is 6.92 Å². The van der Waals surface area contributed by atoms with Gasteiger partial charge < -0.3 is 10.1 Å². The van der Waals surface area contributed by atoms with Crippen LogP contribution in [-0.2, 0) is 14.3 Å². The van der Waals surface area contributed by atoms with E-state index in [4.69, 9.17) is 4.74 Å². The molecule has 0 spiro atoms. The second kappa shape index (κ2) is 9.08. The summed E-state index contributed by atoms with van der Waals surface area (Å²) in [6, 6.07) is 14.7. The van der Waals surface area contributed by atoms with Gasteiger partial charge in [0.05, 0.1) is 12.4 Å². The van der Waals surface area contributed by atoms with E-state index in [0.717, 1.165) is 5.56 Å². The van der Waals surface area contributed by atoms with Crippen molar-refractivity contribution in [3.8, 4) is 0 Å². The molecule has 0 saturated carbocycles. The lowest BCUT2D eigenvalue weighted by Gasteiger charge is -2.16. The molecule has 24 heavy (non-hydrogen) atoms. The number of nitrogens with one attached hydrogen (secondary N) is 1. The highest BCUT2D eigenvalue weighted by molar-refractivity contribution is 8.00. The predicted octanol–water partition coefficient (Wildman–Crippen LogP) is 3.80. The Hall–Kier alpha value is -2.34. The minimum absolute atomic E-state index is 0.0736. The van der Waals surface area contributed by atoms with Gasteiger partial charge in [-0.1, -0.05) is 30.3 Å². The quantitative estimate of drug-likeness (QED) is 0.774. The lowest BCUT2D eigenvalue weighted by Crippen LogP contribution is -2.20. The first-order chi connectivity index (χ1) is 11.6. The number of rotatable bonds is 7. The Morgan fingerprint density at radius 3 is 2.42 bits per heavy atom. The summed E-state index contributed by atoms with van der Waals surface area (Å²) >= 11 is 1.19. The van der Waals surface area contributed by atoms with Gasteiger partial charge in [0, 0.05) is 5.69 Å². The van der Waals surface area contributed by atoms with E-state index >= 15 is 0 Å². The van der Waals surface area contributed by atoms with Crippen LogP contribution in [0.4, 0.5) is 10.1 Å². The van der Waals surface area contributed by atoms with Crippen molar-refractivity contribution in [1.82, 2.24) is 0 Å². The van der Waals surface area contributed by atoms with E-state index in [1.165, 1.54) is 36.0 Å². The number of benzene rings is 2. The summed E-state index contributed by atoms with van der Waals surface area (Å²) in [5.74, 6) is -0.936. The topological polar surface area (TPSA) is 55.4 Å². The molecule has 0 fully saturated rings. The third-order valence-corrected chi connectivity index (χ3v) is 4.35. The molecule has 126 valence electrons. The van der Waals surface area contributed by atoms with Gasteiger partial charge in [-0.05, 0) is 36.8 Å².